The number of hydrogen-bond donors (Lipinski definition) is 2. The van der Waals surface area contributed by atoms with Gasteiger partial charge in [-0.3, -0.25) is 9.59 Å². The monoisotopic (exact) mass is 353 g/mol. The minimum Gasteiger partial charge on any atom is -0.492 e. The molecule has 0 saturated heterocycles. The standard InChI is InChI=1S/C21H23NO4/c1-13-10-16-17(12-26-19(16)11-14(13)2)21(25)22-18(8-9-20(23)24)15-6-4-3-5-7-15/h3-7,10-11,17-18H,8-9,12H2,1-2H3,(H,22,25)(H,23,24). The maximum Gasteiger partial charge on any atom is 0.303 e. The van der Waals surface area contributed by atoms with Gasteiger partial charge < -0.3 is 15.2 Å². The molecule has 5 nitrogen and oxygen atoms in total. The topological polar surface area (TPSA) is 75.6 Å². The molecule has 5 heteroatoms. The average Bonchev–Trinajstić information content (AvgIpc) is 3.02. The molecule has 1 heterocycles. The molecule has 0 aromatic heterocycles. The highest BCUT2D eigenvalue weighted by Gasteiger charge is 2.32. The summed E-state index contributed by atoms with van der Waals surface area (Å²) in [5.74, 6) is -0.623. The molecule has 1 aliphatic rings. The van der Waals surface area contributed by atoms with Crippen LogP contribution < -0.4 is 10.1 Å². The zero-order valence-corrected chi connectivity index (χ0v) is 15.0. The molecule has 2 unspecified atom stereocenters. The van der Waals surface area contributed by atoms with Crippen molar-refractivity contribution in [3.8, 4) is 5.75 Å². The van der Waals surface area contributed by atoms with Crippen molar-refractivity contribution in [3.63, 3.8) is 0 Å². The smallest absolute Gasteiger partial charge is 0.303 e. The molecule has 1 aliphatic heterocycles. The van der Waals surface area contributed by atoms with E-state index in [-0.39, 0.29) is 24.3 Å². The highest BCUT2D eigenvalue weighted by molar-refractivity contribution is 5.86. The minimum atomic E-state index is -0.874. The van der Waals surface area contributed by atoms with Gasteiger partial charge in [0.25, 0.3) is 0 Å². The third-order valence-corrected chi connectivity index (χ3v) is 4.89. The first-order chi connectivity index (χ1) is 12.5. The van der Waals surface area contributed by atoms with Gasteiger partial charge >= 0.3 is 5.97 Å². The van der Waals surface area contributed by atoms with Crippen LogP contribution in [0.4, 0.5) is 0 Å². The maximum atomic E-state index is 12.9. The summed E-state index contributed by atoms with van der Waals surface area (Å²) in [6.07, 6.45) is 0.342. The molecule has 2 N–H and O–H groups in total. The normalized spacial score (nSPS) is 16.5. The number of amides is 1. The number of rotatable bonds is 6. The molecule has 3 rings (SSSR count). The van der Waals surface area contributed by atoms with E-state index in [4.69, 9.17) is 9.84 Å². The number of aliphatic carboxylic acids is 1. The third kappa shape index (κ3) is 3.87. The van der Waals surface area contributed by atoms with Crippen molar-refractivity contribution in [1.29, 1.82) is 0 Å². The van der Waals surface area contributed by atoms with Crippen molar-refractivity contribution in [2.24, 2.45) is 0 Å². The fraction of sp³-hybridized carbons (Fsp3) is 0.333. The Morgan fingerprint density at radius 3 is 2.58 bits per heavy atom. The summed E-state index contributed by atoms with van der Waals surface area (Å²) >= 11 is 0. The lowest BCUT2D eigenvalue weighted by Crippen LogP contribution is -2.34. The van der Waals surface area contributed by atoms with Crippen LogP contribution in [0.1, 0.15) is 47.1 Å². The van der Waals surface area contributed by atoms with E-state index in [0.29, 0.717) is 13.0 Å². The van der Waals surface area contributed by atoms with Crippen LogP contribution in [0.3, 0.4) is 0 Å². The van der Waals surface area contributed by atoms with E-state index < -0.39 is 5.97 Å². The number of carbonyl (C=O) groups excluding carboxylic acids is 1. The average molecular weight is 353 g/mol. The molecule has 0 aliphatic carbocycles. The van der Waals surface area contributed by atoms with Gasteiger partial charge in [0.2, 0.25) is 5.91 Å². The summed E-state index contributed by atoms with van der Waals surface area (Å²) in [6.45, 7) is 4.34. The lowest BCUT2D eigenvalue weighted by atomic mass is 9.95. The first kappa shape index (κ1) is 18.0. The molecule has 26 heavy (non-hydrogen) atoms. The van der Waals surface area contributed by atoms with E-state index in [9.17, 15) is 9.59 Å². The molecule has 0 fully saturated rings. The molecule has 1 amide bonds. The molecule has 2 atom stereocenters. The van der Waals surface area contributed by atoms with E-state index in [1.54, 1.807) is 0 Å². The Labute approximate surface area is 153 Å². The van der Waals surface area contributed by atoms with Crippen molar-refractivity contribution >= 4 is 11.9 Å². The minimum absolute atomic E-state index is 0.00407. The lowest BCUT2D eigenvalue weighted by Gasteiger charge is -2.21. The van der Waals surface area contributed by atoms with Gasteiger partial charge in [0, 0.05) is 12.0 Å². The predicted octanol–water partition coefficient (Wildman–Crippen LogP) is 3.50. The quantitative estimate of drug-likeness (QED) is 0.833. The van der Waals surface area contributed by atoms with Gasteiger partial charge in [0.05, 0.1) is 6.04 Å². The Morgan fingerprint density at radius 2 is 1.88 bits per heavy atom. The van der Waals surface area contributed by atoms with E-state index >= 15 is 0 Å². The molecular weight excluding hydrogens is 330 g/mol. The number of benzene rings is 2. The van der Waals surface area contributed by atoms with Crippen LogP contribution in [0.25, 0.3) is 0 Å². The van der Waals surface area contributed by atoms with Crippen LogP contribution in [0.15, 0.2) is 42.5 Å². The Bertz CT molecular complexity index is 816. The van der Waals surface area contributed by atoms with Crippen molar-refractivity contribution in [2.75, 3.05) is 6.61 Å². The second-order valence-electron chi connectivity index (χ2n) is 6.74. The molecule has 2 aromatic carbocycles. The number of fused-ring (bicyclic) bond motifs is 1. The lowest BCUT2D eigenvalue weighted by molar-refractivity contribution is -0.137. The fourth-order valence-electron chi connectivity index (χ4n) is 3.24. The summed E-state index contributed by atoms with van der Waals surface area (Å²) in [6, 6.07) is 13.1. The van der Waals surface area contributed by atoms with Crippen molar-refractivity contribution in [2.45, 2.75) is 38.6 Å². The van der Waals surface area contributed by atoms with E-state index in [2.05, 4.69) is 5.32 Å². The van der Waals surface area contributed by atoms with Crippen molar-refractivity contribution < 1.29 is 19.4 Å². The summed E-state index contributed by atoms with van der Waals surface area (Å²) in [5.41, 5.74) is 4.06. The van der Waals surface area contributed by atoms with E-state index in [0.717, 1.165) is 28.0 Å². The number of carboxylic acid groups (broad SMARTS) is 1. The molecule has 0 saturated carbocycles. The first-order valence-electron chi connectivity index (χ1n) is 8.76. The van der Waals surface area contributed by atoms with Gasteiger partial charge in [-0.25, -0.2) is 0 Å². The molecule has 0 spiro atoms. The molecule has 136 valence electrons. The molecule has 2 aromatic rings. The zero-order chi connectivity index (χ0) is 18.7. The number of aryl methyl sites for hydroxylation is 2. The second kappa shape index (κ2) is 7.60. The Balaban J connectivity index is 1.79. The largest absolute Gasteiger partial charge is 0.492 e. The Hall–Kier alpha value is -2.82. The van der Waals surface area contributed by atoms with Gasteiger partial charge in [-0.2, -0.15) is 0 Å². The van der Waals surface area contributed by atoms with Gasteiger partial charge in [0.1, 0.15) is 18.3 Å². The highest BCUT2D eigenvalue weighted by atomic mass is 16.5. The molecular formula is C21H23NO4. The van der Waals surface area contributed by atoms with Crippen LogP contribution in [0, 0.1) is 13.8 Å². The summed E-state index contributed by atoms with van der Waals surface area (Å²) in [7, 11) is 0. The Morgan fingerprint density at radius 1 is 1.19 bits per heavy atom. The number of hydrogen-bond acceptors (Lipinski definition) is 3. The van der Waals surface area contributed by atoms with E-state index in [1.165, 1.54) is 0 Å². The van der Waals surface area contributed by atoms with Crippen LogP contribution in [0.5, 0.6) is 5.75 Å². The highest BCUT2D eigenvalue weighted by Crippen LogP contribution is 2.36. The number of carboxylic acids is 1. The van der Waals surface area contributed by atoms with Crippen molar-refractivity contribution in [3.05, 3.63) is 64.7 Å². The Kier molecular flexibility index (Phi) is 5.26. The van der Waals surface area contributed by atoms with Crippen LogP contribution >= 0.6 is 0 Å². The third-order valence-electron chi connectivity index (χ3n) is 4.89. The van der Waals surface area contributed by atoms with E-state index in [1.807, 2.05) is 56.3 Å². The van der Waals surface area contributed by atoms with Gasteiger partial charge in [-0.15, -0.1) is 0 Å². The number of ether oxygens (including phenoxy) is 1. The number of carbonyl (C=O) groups is 2. The first-order valence-corrected chi connectivity index (χ1v) is 8.76. The summed E-state index contributed by atoms with van der Waals surface area (Å²) < 4.78 is 5.70. The van der Waals surface area contributed by atoms with Crippen LogP contribution in [-0.4, -0.2) is 23.6 Å². The van der Waals surface area contributed by atoms with Gasteiger partial charge in [-0.1, -0.05) is 36.4 Å². The SMILES string of the molecule is Cc1cc2c(cc1C)C(C(=O)NC(CCC(=O)O)c1ccccc1)CO2. The predicted molar refractivity (Wildman–Crippen MR) is 98.3 cm³/mol. The summed E-state index contributed by atoms with van der Waals surface area (Å²) in [4.78, 5) is 23.9. The van der Waals surface area contributed by atoms with Gasteiger partial charge in [-0.05, 0) is 43.0 Å². The fourth-order valence-corrected chi connectivity index (χ4v) is 3.24. The second-order valence-corrected chi connectivity index (χ2v) is 6.74. The summed E-state index contributed by atoms with van der Waals surface area (Å²) in [5, 5.41) is 12.0. The molecule has 0 radical (unpaired) electrons. The van der Waals surface area contributed by atoms with Crippen molar-refractivity contribution in [1.82, 2.24) is 5.32 Å². The number of nitrogens with one attached hydrogen (secondary N) is 1. The van der Waals surface area contributed by atoms with Gasteiger partial charge in [0.15, 0.2) is 0 Å². The van der Waals surface area contributed by atoms with Crippen LogP contribution in [-0.2, 0) is 9.59 Å². The van der Waals surface area contributed by atoms with Crippen LogP contribution in [0.2, 0.25) is 0 Å². The maximum absolute atomic E-state index is 12.9. The zero-order valence-electron chi connectivity index (χ0n) is 15.0. The molecule has 0 bridgehead atoms.